The Labute approximate surface area is 94.6 Å². The number of hydrogen-bond donors (Lipinski definition) is 2. The monoisotopic (exact) mass is 265 g/mol. The number of rotatable bonds is 2. The van der Waals surface area contributed by atoms with E-state index in [1.54, 1.807) is 24.4 Å². The summed E-state index contributed by atoms with van der Waals surface area (Å²) in [5, 5.41) is 6.31. The number of nitrogens with one attached hydrogen (secondary N) is 1. The molecule has 0 saturated heterocycles. The fourth-order valence-corrected chi connectivity index (χ4v) is 1.65. The summed E-state index contributed by atoms with van der Waals surface area (Å²) >= 11 is 3.28. The molecule has 0 aliphatic rings. The number of nitrogens with two attached hydrogens (primary N) is 1. The summed E-state index contributed by atoms with van der Waals surface area (Å²) in [6, 6.07) is 5.17. The summed E-state index contributed by atoms with van der Waals surface area (Å²) in [7, 11) is 0. The molecule has 0 amide bonds. The molecule has 1 heterocycles. The predicted octanol–water partition coefficient (Wildman–Crippen LogP) is 1.99. The number of hydrogen-bond acceptors (Lipinski definition) is 3. The van der Waals surface area contributed by atoms with Crippen LogP contribution in [-0.4, -0.2) is 16.0 Å². The summed E-state index contributed by atoms with van der Waals surface area (Å²) in [6.45, 7) is 0. The molecule has 0 atom stereocenters. The fraction of sp³-hybridized carbons (Fsp3) is 0. The number of nitrogens with zero attached hydrogens (tertiary/aromatic N) is 1. The molecule has 0 spiro atoms. The number of carbonyl (C=O) groups excluding carboxylic acids is 1. The highest BCUT2D eigenvalue weighted by Crippen LogP contribution is 2.20. The first kappa shape index (κ1) is 9.92. The quantitative estimate of drug-likeness (QED) is 0.645. The topological polar surface area (TPSA) is 71.8 Å². The molecule has 0 fully saturated rings. The first-order valence-electron chi connectivity index (χ1n) is 4.27. The maximum absolute atomic E-state index is 11.9. The smallest absolute Gasteiger partial charge is 0.198 e. The van der Waals surface area contributed by atoms with Crippen molar-refractivity contribution in [2.75, 3.05) is 5.73 Å². The van der Waals surface area contributed by atoms with Crippen molar-refractivity contribution in [3.05, 3.63) is 46.2 Å². The Kier molecular flexibility index (Phi) is 2.55. The first-order chi connectivity index (χ1) is 7.18. The van der Waals surface area contributed by atoms with E-state index in [0.29, 0.717) is 16.8 Å². The molecule has 15 heavy (non-hydrogen) atoms. The van der Waals surface area contributed by atoms with Crippen LogP contribution < -0.4 is 5.73 Å². The van der Waals surface area contributed by atoms with Crippen molar-refractivity contribution in [1.29, 1.82) is 0 Å². The normalized spacial score (nSPS) is 10.2. The molecule has 0 saturated carbocycles. The number of carbonyl (C=O) groups is 1. The summed E-state index contributed by atoms with van der Waals surface area (Å²) in [5.41, 5.74) is 7.19. The SMILES string of the molecule is Nc1cc(Br)ccc1C(=O)c1cn[nH]c1. The standard InChI is InChI=1S/C10H8BrN3O/c11-7-1-2-8(9(12)3-7)10(15)6-4-13-14-5-6/h1-5H,12H2,(H,13,14). The maximum Gasteiger partial charge on any atom is 0.198 e. The van der Waals surface area contributed by atoms with Gasteiger partial charge in [-0.3, -0.25) is 9.89 Å². The molecule has 0 radical (unpaired) electrons. The molecular formula is C10H8BrN3O. The lowest BCUT2D eigenvalue weighted by Crippen LogP contribution is -2.04. The number of aromatic amines is 1. The van der Waals surface area contributed by atoms with E-state index in [0.717, 1.165) is 4.47 Å². The van der Waals surface area contributed by atoms with E-state index in [-0.39, 0.29) is 5.78 Å². The average molecular weight is 266 g/mol. The molecular weight excluding hydrogens is 258 g/mol. The minimum absolute atomic E-state index is 0.131. The van der Waals surface area contributed by atoms with Crippen LogP contribution in [0.5, 0.6) is 0 Å². The van der Waals surface area contributed by atoms with Crippen molar-refractivity contribution in [1.82, 2.24) is 10.2 Å². The van der Waals surface area contributed by atoms with Gasteiger partial charge in [0.25, 0.3) is 0 Å². The van der Waals surface area contributed by atoms with Gasteiger partial charge in [0.05, 0.1) is 11.8 Å². The van der Waals surface area contributed by atoms with Crippen LogP contribution in [0.15, 0.2) is 35.1 Å². The zero-order chi connectivity index (χ0) is 10.8. The van der Waals surface area contributed by atoms with Gasteiger partial charge in [-0.2, -0.15) is 5.10 Å². The van der Waals surface area contributed by atoms with E-state index in [1.165, 1.54) is 6.20 Å². The summed E-state index contributed by atoms with van der Waals surface area (Å²) in [6.07, 6.45) is 3.02. The van der Waals surface area contributed by atoms with Crippen LogP contribution in [-0.2, 0) is 0 Å². The van der Waals surface area contributed by atoms with Gasteiger partial charge in [0.15, 0.2) is 5.78 Å². The average Bonchev–Trinajstić information content (AvgIpc) is 2.69. The first-order valence-corrected chi connectivity index (χ1v) is 5.06. The summed E-state index contributed by atoms with van der Waals surface area (Å²) in [5.74, 6) is -0.131. The molecule has 3 N–H and O–H groups in total. The Hall–Kier alpha value is -1.62. The molecule has 76 valence electrons. The lowest BCUT2D eigenvalue weighted by Gasteiger charge is -2.03. The lowest BCUT2D eigenvalue weighted by atomic mass is 10.1. The molecule has 0 aliphatic carbocycles. The van der Waals surface area contributed by atoms with E-state index in [9.17, 15) is 4.79 Å². The highest BCUT2D eigenvalue weighted by molar-refractivity contribution is 9.10. The number of halogens is 1. The number of aromatic nitrogens is 2. The second-order valence-electron chi connectivity index (χ2n) is 3.05. The third kappa shape index (κ3) is 1.92. The molecule has 0 bridgehead atoms. The zero-order valence-electron chi connectivity index (χ0n) is 7.70. The van der Waals surface area contributed by atoms with Crippen LogP contribution in [0.2, 0.25) is 0 Å². The number of ketones is 1. The molecule has 0 aliphatic heterocycles. The Bertz CT molecular complexity index is 493. The van der Waals surface area contributed by atoms with E-state index in [1.807, 2.05) is 0 Å². The fourth-order valence-electron chi connectivity index (χ4n) is 1.27. The van der Waals surface area contributed by atoms with Crippen molar-refractivity contribution < 1.29 is 4.79 Å². The van der Waals surface area contributed by atoms with Crippen molar-refractivity contribution in [2.24, 2.45) is 0 Å². The Balaban J connectivity index is 2.42. The van der Waals surface area contributed by atoms with E-state index in [2.05, 4.69) is 26.1 Å². The van der Waals surface area contributed by atoms with Crippen LogP contribution in [0, 0.1) is 0 Å². The van der Waals surface area contributed by atoms with E-state index < -0.39 is 0 Å². The van der Waals surface area contributed by atoms with Gasteiger partial charge in [-0.05, 0) is 18.2 Å². The van der Waals surface area contributed by atoms with Gasteiger partial charge in [0, 0.05) is 21.9 Å². The van der Waals surface area contributed by atoms with E-state index >= 15 is 0 Å². The van der Waals surface area contributed by atoms with Crippen LogP contribution in [0.25, 0.3) is 0 Å². The third-order valence-electron chi connectivity index (χ3n) is 2.02. The minimum Gasteiger partial charge on any atom is -0.398 e. The van der Waals surface area contributed by atoms with Gasteiger partial charge < -0.3 is 5.73 Å². The number of anilines is 1. The van der Waals surface area contributed by atoms with Gasteiger partial charge in [0.2, 0.25) is 0 Å². The van der Waals surface area contributed by atoms with Crippen molar-refractivity contribution in [3.63, 3.8) is 0 Å². The molecule has 2 aromatic rings. The van der Waals surface area contributed by atoms with E-state index in [4.69, 9.17) is 5.73 Å². The number of benzene rings is 1. The molecule has 0 unspecified atom stereocenters. The Morgan fingerprint density at radius 3 is 2.87 bits per heavy atom. The maximum atomic E-state index is 11.9. The van der Waals surface area contributed by atoms with Crippen LogP contribution >= 0.6 is 15.9 Å². The Morgan fingerprint density at radius 2 is 2.27 bits per heavy atom. The second-order valence-corrected chi connectivity index (χ2v) is 3.96. The van der Waals surface area contributed by atoms with Crippen molar-refractivity contribution in [3.8, 4) is 0 Å². The Morgan fingerprint density at radius 1 is 1.47 bits per heavy atom. The third-order valence-corrected chi connectivity index (χ3v) is 2.51. The van der Waals surface area contributed by atoms with Crippen LogP contribution in [0.3, 0.4) is 0 Å². The molecule has 2 rings (SSSR count). The molecule has 1 aromatic heterocycles. The molecule has 5 heteroatoms. The molecule has 4 nitrogen and oxygen atoms in total. The van der Waals surface area contributed by atoms with Crippen molar-refractivity contribution in [2.45, 2.75) is 0 Å². The van der Waals surface area contributed by atoms with Gasteiger partial charge in [-0.1, -0.05) is 15.9 Å². The number of nitrogen functional groups attached to an aromatic ring is 1. The van der Waals surface area contributed by atoms with Gasteiger partial charge in [0.1, 0.15) is 0 Å². The van der Waals surface area contributed by atoms with Crippen molar-refractivity contribution >= 4 is 27.4 Å². The van der Waals surface area contributed by atoms with Gasteiger partial charge in [-0.15, -0.1) is 0 Å². The highest BCUT2D eigenvalue weighted by atomic mass is 79.9. The largest absolute Gasteiger partial charge is 0.398 e. The predicted molar refractivity (Wildman–Crippen MR) is 60.6 cm³/mol. The lowest BCUT2D eigenvalue weighted by molar-refractivity contribution is 0.103. The van der Waals surface area contributed by atoms with Crippen LogP contribution in [0.1, 0.15) is 15.9 Å². The summed E-state index contributed by atoms with van der Waals surface area (Å²) < 4.78 is 0.851. The van der Waals surface area contributed by atoms with Gasteiger partial charge in [-0.25, -0.2) is 0 Å². The molecule has 1 aromatic carbocycles. The van der Waals surface area contributed by atoms with Crippen LogP contribution in [0.4, 0.5) is 5.69 Å². The zero-order valence-corrected chi connectivity index (χ0v) is 9.28. The highest BCUT2D eigenvalue weighted by Gasteiger charge is 2.12. The van der Waals surface area contributed by atoms with Gasteiger partial charge >= 0.3 is 0 Å². The summed E-state index contributed by atoms with van der Waals surface area (Å²) in [4.78, 5) is 11.9. The number of H-pyrrole nitrogens is 1. The second kappa shape index (κ2) is 3.86. The minimum atomic E-state index is -0.131.